The number of rotatable bonds is 5. The van der Waals surface area contributed by atoms with Gasteiger partial charge in [-0.05, 0) is 23.8 Å². The molecule has 0 aliphatic carbocycles. The summed E-state index contributed by atoms with van der Waals surface area (Å²) >= 11 is 4.04. The van der Waals surface area contributed by atoms with Gasteiger partial charge in [-0.1, -0.05) is 18.2 Å². The summed E-state index contributed by atoms with van der Waals surface area (Å²) in [6.45, 7) is 0.681. The lowest BCUT2D eigenvalue weighted by Crippen LogP contribution is -2.25. The third-order valence-electron chi connectivity index (χ3n) is 3.03. The molecule has 18 heavy (non-hydrogen) atoms. The number of nitrogens with zero attached hydrogens (tertiary/aromatic N) is 1. The fourth-order valence-corrected chi connectivity index (χ4v) is 2.35. The minimum Gasteiger partial charge on any atom is -0.356 e. The van der Waals surface area contributed by atoms with E-state index < -0.39 is 0 Å². The Morgan fingerprint density at radius 1 is 1.39 bits per heavy atom. The second kappa shape index (κ2) is 5.96. The third kappa shape index (κ3) is 2.88. The fraction of sp³-hybridized carbons (Fsp3) is 0.357. The molecular weight excluding hydrogens is 244 g/mol. The molecule has 1 heterocycles. The van der Waals surface area contributed by atoms with E-state index in [1.54, 1.807) is 0 Å². The number of carbonyl (C=O) groups is 1. The standard InChI is InChI=1S/C14H18N2OS/c1-16-10-11(6-8-15-14(17)7-9-18)12-4-2-3-5-13(12)16/h2-5,10,18H,6-9H2,1H3,(H,15,17). The Morgan fingerprint density at radius 2 is 2.17 bits per heavy atom. The highest BCUT2D eigenvalue weighted by Gasteiger charge is 2.06. The number of thiol groups is 1. The van der Waals surface area contributed by atoms with Crippen molar-refractivity contribution in [3.05, 3.63) is 36.0 Å². The number of aryl methyl sites for hydroxylation is 1. The molecule has 4 heteroatoms. The van der Waals surface area contributed by atoms with Crippen LogP contribution in [0.2, 0.25) is 0 Å². The van der Waals surface area contributed by atoms with Crippen LogP contribution in [0.3, 0.4) is 0 Å². The highest BCUT2D eigenvalue weighted by molar-refractivity contribution is 7.80. The Labute approximate surface area is 113 Å². The molecule has 0 radical (unpaired) electrons. The van der Waals surface area contributed by atoms with Gasteiger partial charge in [-0.15, -0.1) is 0 Å². The molecule has 2 aromatic rings. The van der Waals surface area contributed by atoms with Crippen molar-refractivity contribution in [2.75, 3.05) is 12.3 Å². The smallest absolute Gasteiger partial charge is 0.220 e. The first-order chi connectivity index (χ1) is 8.72. The molecule has 0 saturated carbocycles. The largest absolute Gasteiger partial charge is 0.356 e. The van der Waals surface area contributed by atoms with Crippen LogP contribution in [0.25, 0.3) is 10.9 Å². The highest BCUT2D eigenvalue weighted by Crippen LogP contribution is 2.20. The second-order valence-electron chi connectivity index (χ2n) is 4.36. The number of nitrogens with one attached hydrogen (secondary N) is 1. The Hall–Kier alpha value is -1.42. The topological polar surface area (TPSA) is 34.0 Å². The zero-order valence-corrected chi connectivity index (χ0v) is 11.4. The number of benzene rings is 1. The van der Waals surface area contributed by atoms with Gasteiger partial charge in [0, 0.05) is 37.1 Å². The maximum Gasteiger partial charge on any atom is 0.220 e. The van der Waals surface area contributed by atoms with E-state index in [9.17, 15) is 4.79 Å². The summed E-state index contributed by atoms with van der Waals surface area (Å²) in [4.78, 5) is 11.3. The maximum absolute atomic E-state index is 11.3. The first-order valence-electron chi connectivity index (χ1n) is 6.13. The van der Waals surface area contributed by atoms with E-state index >= 15 is 0 Å². The van der Waals surface area contributed by atoms with Gasteiger partial charge >= 0.3 is 0 Å². The summed E-state index contributed by atoms with van der Waals surface area (Å²) in [7, 11) is 2.05. The van der Waals surface area contributed by atoms with Crippen LogP contribution in [0.1, 0.15) is 12.0 Å². The average molecular weight is 262 g/mol. The van der Waals surface area contributed by atoms with Crippen LogP contribution in [0.5, 0.6) is 0 Å². The number of hydrogen-bond acceptors (Lipinski definition) is 2. The zero-order valence-electron chi connectivity index (χ0n) is 10.5. The van der Waals surface area contributed by atoms with Crippen molar-refractivity contribution in [2.45, 2.75) is 12.8 Å². The monoisotopic (exact) mass is 262 g/mol. The maximum atomic E-state index is 11.3. The quantitative estimate of drug-likeness (QED) is 0.796. The third-order valence-corrected chi connectivity index (χ3v) is 3.26. The predicted octanol–water partition coefficient (Wildman–Crippen LogP) is 2.16. The Bertz CT molecular complexity index is 548. The van der Waals surface area contributed by atoms with Crippen molar-refractivity contribution in [3.63, 3.8) is 0 Å². The van der Waals surface area contributed by atoms with Crippen molar-refractivity contribution in [1.29, 1.82) is 0 Å². The lowest BCUT2D eigenvalue weighted by atomic mass is 10.1. The Kier molecular flexibility index (Phi) is 4.31. The molecule has 3 nitrogen and oxygen atoms in total. The van der Waals surface area contributed by atoms with Crippen LogP contribution in [0, 0.1) is 0 Å². The number of aromatic nitrogens is 1. The van der Waals surface area contributed by atoms with Crippen LogP contribution in [-0.2, 0) is 18.3 Å². The van der Waals surface area contributed by atoms with Crippen LogP contribution in [0.15, 0.2) is 30.5 Å². The van der Waals surface area contributed by atoms with Gasteiger partial charge in [-0.25, -0.2) is 0 Å². The van der Waals surface area contributed by atoms with E-state index in [4.69, 9.17) is 0 Å². The highest BCUT2D eigenvalue weighted by atomic mass is 32.1. The number of para-hydroxylation sites is 1. The van der Waals surface area contributed by atoms with Gasteiger partial charge in [-0.3, -0.25) is 4.79 Å². The molecular formula is C14H18N2OS. The number of carbonyl (C=O) groups excluding carboxylic acids is 1. The van der Waals surface area contributed by atoms with Crippen molar-refractivity contribution < 1.29 is 4.79 Å². The number of amides is 1. The molecule has 0 fully saturated rings. The molecule has 0 atom stereocenters. The summed E-state index contributed by atoms with van der Waals surface area (Å²) in [6, 6.07) is 8.32. The lowest BCUT2D eigenvalue weighted by Gasteiger charge is -2.03. The van der Waals surface area contributed by atoms with Crippen molar-refractivity contribution in [3.8, 4) is 0 Å². The molecule has 0 bridgehead atoms. The van der Waals surface area contributed by atoms with Gasteiger partial charge in [0.2, 0.25) is 5.91 Å². The second-order valence-corrected chi connectivity index (χ2v) is 4.80. The van der Waals surface area contributed by atoms with Crippen LogP contribution in [0.4, 0.5) is 0 Å². The SMILES string of the molecule is Cn1cc(CCNC(=O)CCS)c2ccccc21. The Morgan fingerprint density at radius 3 is 2.94 bits per heavy atom. The van der Waals surface area contributed by atoms with Crippen molar-refractivity contribution >= 4 is 29.4 Å². The van der Waals surface area contributed by atoms with Crippen LogP contribution >= 0.6 is 12.6 Å². The molecule has 1 amide bonds. The average Bonchev–Trinajstić information content (AvgIpc) is 2.68. The summed E-state index contributed by atoms with van der Waals surface area (Å²) in [5.41, 5.74) is 2.51. The zero-order chi connectivity index (χ0) is 13.0. The van der Waals surface area contributed by atoms with Gasteiger partial charge in [-0.2, -0.15) is 12.6 Å². The molecule has 0 aliphatic heterocycles. The molecule has 0 aliphatic rings. The van der Waals surface area contributed by atoms with E-state index in [0.29, 0.717) is 18.7 Å². The predicted molar refractivity (Wildman–Crippen MR) is 78.1 cm³/mol. The summed E-state index contributed by atoms with van der Waals surface area (Å²) in [6.07, 6.45) is 3.48. The van der Waals surface area contributed by atoms with Gasteiger partial charge in [0.15, 0.2) is 0 Å². The first-order valence-corrected chi connectivity index (χ1v) is 6.76. The van der Waals surface area contributed by atoms with E-state index in [0.717, 1.165) is 6.42 Å². The molecule has 1 aromatic carbocycles. The molecule has 96 valence electrons. The molecule has 2 rings (SSSR count). The lowest BCUT2D eigenvalue weighted by molar-refractivity contribution is -0.120. The van der Waals surface area contributed by atoms with Crippen molar-refractivity contribution in [1.82, 2.24) is 9.88 Å². The molecule has 0 unspecified atom stereocenters. The summed E-state index contributed by atoms with van der Waals surface area (Å²) < 4.78 is 2.13. The minimum absolute atomic E-state index is 0.0743. The van der Waals surface area contributed by atoms with Gasteiger partial charge in [0.05, 0.1) is 0 Å². The molecule has 1 N–H and O–H groups in total. The van der Waals surface area contributed by atoms with Crippen LogP contribution in [-0.4, -0.2) is 22.8 Å². The summed E-state index contributed by atoms with van der Waals surface area (Å²) in [5, 5.41) is 4.18. The van der Waals surface area contributed by atoms with Gasteiger partial charge in [0.25, 0.3) is 0 Å². The minimum atomic E-state index is 0.0743. The first kappa shape index (κ1) is 13.0. The number of fused-ring (bicyclic) bond motifs is 1. The summed E-state index contributed by atoms with van der Waals surface area (Å²) in [5.74, 6) is 0.672. The fourth-order valence-electron chi connectivity index (χ4n) is 2.15. The number of hydrogen-bond donors (Lipinski definition) is 2. The van der Waals surface area contributed by atoms with E-state index in [2.05, 4.69) is 40.8 Å². The van der Waals surface area contributed by atoms with E-state index in [1.165, 1.54) is 16.5 Å². The van der Waals surface area contributed by atoms with Crippen LogP contribution < -0.4 is 5.32 Å². The van der Waals surface area contributed by atoms with Crippen molar-refractivity contribution in [2.24, 2.45) is 7.05 Å². The van der Waals surface area contributed by atoms with Gasteiger partial charge < -0.3 is 9.88 Å². The normalized spacial score (nSPS) is 10.8. The van der Waals surface area contributed by atoms with E-state index in [1.807, 2.05) is 19.2 Å². The molecule has 0 saturated heterocycles. The Balaban J connectivity index is 2.02. The van der Waals surface area contributed by atoms with Gasteiger partial charge in [0.1, 0.15) is 0 Å². The molecule has 0 spiro atoms. The molecule has 1 aromatic heterocycles. The van der Waals surface area contributed by atoms with E-state index in [-0.39, 0.29) is 5.91 Å².